The number of halogens is 2. The Morgan fingerprint density at radius 2 is 2.24 bits per heavy atom. The van der Waals surface area contributed by atoms with Crippen LogP contribution in [0.5, 0.6) is 0 Å². The number of hydrogen-bond acceptors (Lipinski definition) is 5. The molecule has 1 atom stereocenters. The maximum atomic E-state index is 13.8. The number of likely N-dealkylation sites (tertiary alicyclic amines) is 1. The van der Waals surface area contributed by atoms with Gasteiger partial charge >= 0.3 is 0 Å². The average Bonchev–Trinajstić information content (AvgIpc) is 2.97. The number of anilines is 1. The molecular weight excluding hydrogens is 346 g/mol. The molecule has 134 valence electrons. The van der Waals surface area contributed by atoms with E-state index in [1.54, 1.807) is 6.20 Å². The third kappa shape index (κ3) is 5.02. The molecule has 1 saturated heterocycles. The van der Waals surface area contributed by atoms with E-state index in [2.05, 4.69) is 20.2 Å². The van der Waals surface area contributed by atoms with Gasteiger partial charge in [-0.3, -0.25) is 14.7 Å². The molecule has 2 aromatic rings. The van der Waals surface area contributed by atoms with Crippen molar-refractivity contribution in [1.29, 1.82) is 0 Å². The highest BCUT2D eigenvalue weighted by molar-refractivity contribution is 7.15. The minimum Gasteiger partial charge on any atom is -0.302 e. The van der Waals surface area contributed by atoms with E-state index in [-0.39, 0.29) is 5.91 Å². The van der Waals surface area contributed by atoms with Gasteiger partial charge < -0.3 is 5.32 Å². The standard InChI is InChI=1S/C17H20F2N4OS/c1-11(24)22-17-21-8-14(25-17)10-23-4-2-3-12(9-23)5-16-15(19)6-13(18)7-20-16/h6-8,12H,2-5,9-10H2,1H3,(H,21,22,24). The first kappa shape index (κ1) is 17.9. The fraction of sp³-hybridized carbons (Fsp3) is 0.471. The molecule has 25 heavy (non-hydrogen) atoms. The second-order valence-corrected chi connectivity index (χ2v) is 7.46. The molecule has 1 unspecified atom stereocenters. The molecule has 3 heterocycles. The molecule has 1 N–H and O–H groups in total. The van der Waals surface area contributed by atoms with Crippen LogP contribution in [0.3, 0.4) is 0 Å². The minimum absolute atomic E-state index is 0.132. The summed E-state index contributed by atoms with van der Waals surface area (Å²) in [6.45, 7) is 4.03. The predicted molar refractivity (Wildman–Crippen MR) is 92.3 cm³/mol. The third-order valence-electron chi connectivity index (χ3n) is 4.19. The molecule has 3 rings (SSSR count). The molecule has 1 aliphatic rings. The van der Waals surface area contributed by atoms with Crippen molar-refractivity contribution in [2.75, 3.05) is 18.4 Å². The first-order chi connectivity index (χ1) is 12.0. The van der Waals surface area contributed by atoms with Gasteiger partial charge in [-0.05, 0) is 31.7 Å². The van der Waals surface area contributed by atoms with Gasteiger partial charge in [0.2, 0.25) is 5.91 Å². The Labute approximate surface area is 149 Å². The van der Waals surface area contributed by atoms with Gasteiger partial charge in [0.25, 0.3) is 0 Å². The van der Waals surface area contributed by atoms with Crippen LogP contribution in [0.1, 0.15) is 30.3 Å². The van der Waals surface area contributed by atoms with Gasteiger partial charge in [0.1, 0.15) is 11.6 Å². The first-order valence-electron chi connectivity index (χ1n) is 8.24. The van der Waals surface area contributed by atoms with Crippen LogP contribution >= 0.6 is 11.3 Å². The number of piperidine rings is 1. The number of thiazole rings is 1. The number of aromatic nitrogens is 2. The molecule has 2 aromatic heterocycles. The van der Waals surface area contributed by atoms with Gasteiger partial charge in [-0.1, -0.05) is 0 Å². The zero-order valence-corrected chi connectivity index (χ0v) is 14.8. The lowest BCUT2D eigenvalue weighted by molar-refractivity contribution is -0.114. The molecule has 1 amide bonds. The van der Waals surface area contributed by atoms with Crippen molar-refractivity contribution >= 4 is 22.4 Å². The SMILES string of the molecule is CC(=O)Nc1ncc(CN2CCCC(Cc3ncc(F)cc3F)C2)s1. The molecule has 1 aliphatic heterocycles. The highest BCUT2D eigenvalue weighted by Crippen LogP contribution is 2.25. The number of amides is 1. The van der Waals surface area contributed by atoms with Gasteiger partial charge in [0.05, 0.1) is 11.9 Å². The summed E-state index contributed by atoms with van der Waals surface area (Å²) in [7, 11) is 0. The number of pyridine rings is 1. The summed E-state index contributed by atoms with van der Waals surface area (Å²) in [5, 5.41) is 3.29. The highest BCUT2D eigenvalue weighted by Gasteiger charge is 2.22. The molecule has 0 saturated carbocycles. The van der Waals surface area contributed by atoms with Crippen molar-refractivity contribution in [1.82, 2.24) is 14.9 Å². The van der Waals surface area contributed by atoms with Crippen LogP contribution in [0.2, 0.25) is 0 Å². The molecule has 0 aliphatic carbocycles. The Morgan fingerprint density at radius 3 is 3.00 bits per heavy atom. The molecule has 0 bridgehead atoms. The Bertz CT molecular complexity index is 752. The lowest BCUT2D eigenvalue weighted by Gasteiger charge is -2.32. The topological polar surface area (TPSA) is 58.1 Å². The number of nitrogens with one attached hydrogen (secondary N) is 1. The normalized spacial score (nSPS) is 18.3. The zero-order valence-electron chi connectivity index (χ0n) is 14.0. The molecular formula is C17H20F2N4OS. The van der Waals surface area contributed by atoms with Crippen molar-refractivity contribution in [3.8, 4) is 0 Å². The van der Waals surface area contributed by atoms with Crippen molar-refractivity contribution in [2.24, 2.45) is 5.92 Å². The smallest absolute Gasteiger partial charge is 0.223 e. The van der Waals surface area contributed by atoms with Crippen LogP contribution in [-0.4, -0.2) is 33.9 Å². The number of rotatable bonds is 5. The van der Waals surface area contributed by atoms with E-state index in [1.165, 1.54) is 18.3 Å². The van der Waals surface area contributed by atoms with E-state index in [9.17, 15) is 13.6 Å². The van der Waals surface area contributed by atoms with Crippen molar-refractivity contribution in [3.05, 3.63) is 40.7 Å². The molecule has 1 fully saturated rings. The third-order valence-corrected chi connectivity index (χ3v) is 5.08. The second kappa shape index (κ2) is 7.97. The molecule has 0 aromatic carbocycles. The predicted octanol–water partition coefficient (Wildman–Crippen LogP) is 3.23. The quantitative estimate of drug-likeness (QED) is 0.883. The molecule has 8 heteroatoms. The summed E-state index contributed by atoms with van der Waals surface area (Å²) in [6, 6.07) is 0.893. The van der Waals surface area contributed by atoms with E-state index >= 15 is 0 Å². The zero-order chi connectivity index (χ0) is 17.8. The van der Waals surface area contributed by atoms with E-state index in [4.69, 9.17) is 0 Å². The Hall–Kier alpha value is -1.93. The fourth-order valence-corrected chi connectivity index (χ4v) is 4.04. The van der Waals surface area contributed by atoms with Gasteiger partial charge in [0.15, 0.2) is 5.13 Å². The van der Waals surface area contributed by atoms with E-state index in [1.807, 2.05) is 0 Å². The van der Waals surface area contributed by atoms with Gasteiger partial charge in [-0.15, -0.1) is 11.3 Å². The van der Waals surface area contributed by atoms with Crippen molar-refractivity contribution < 1.29 is 13.6 Å². The number of nitrogens with zero attached hydrogens (tertiary/aromatic N) is 3. The fourth-order valence-electron chi connectivity index (χ4n) is 3.14. The number of hydrogen-bond donors (Lipinski definition) is 1. The molecule has 5 nitrogen and oxygen atoms in total. The van der Waals surface area contributed by atoms with Gasteiger partial charge in [0, 0.05) is 37.2 Å². The first-order valence-corrected chi connectivity index (χ1v) is 9.06. The van der Waals surface area contributed by atoms with Crippen molar-refractivity contribution in [2.45, 2.75) is 32.7 Å². The monoisotopic (exact) mass is 366 g/mol. The van der Waals surface area contributed by atoms with Crippen LogP contribution in [0, 0.1) is 17.6 Å². The van der Waals surface area contributed by atoms with Crippen LogP contribution in [0.25, 0.3) is 0 Å². The lowest BCUT2D eigenvalue weighted by atomic mass is 9.93. The average molecular weight is 366 g/mol. The van der Waals surface area contributed by atoms with Crippen LogP contribution in [0.4, 0.5) is 13.9 Å². The number of carbonyl (C=O) groups is 1. The Kier molecular flexibility index (Phi) is 5.70. The summed E-state index contributed by atoms with van der Waals surface area (Å²) >= 11 is 1.47. The van der Waals surface area contributed by atoms with Crippen LogP contribution < -0.4 is 5.32 Å². The van der Waals surface area contributed by atoms with E-state index in [0.717, 1.165) is 49.6 Å². The summed E-state index contributed by atoms with van der Waals surface area (Å²) in [6.07, 6.45) is 5.41. The summed E-state index contributed by atoms with van der Waals surface area (Å²) < 4.78 is 26.8. The Balaban J connectivity index is 1.57. The highest BCUT2D eigenvalue weighted by atomic mass is 32.1. The van der Waals surface area contributed by atoms with Crippen molar-refractivity contribution in [3.63, 3.8) is 0 Å². The minimum atomic E-state index is -0.647. The Morgan fingerprint density at radius 1 is 1.40 bits per heavy atom. The van der Waals surface area contributed by atoms with Gasteiger partial charge in [-0.25, -0.2) is 13.8 Å². The summed E-state index contributed by atoms with van der Waals surface area (Å²) in [5.74, 6) is -1.05. The van der Waals surface area contributed by atoms with E-state index < -0.39 is 11.6 Å². The lowest BCUT2D eigenvalue weighted by Crippen LogP contribution is -2.35. The van der Waals surface area contributed by atoms with E-state index in [0.29, 0.717) is 23.2 Å². The largest absolute Gasteiger partial charge is 0.302 e. The van der Waals surface area contributed by atoms with Crippen LogP contribution in [0.15, 0.2) is 18.5 Å². The number of carbonyl (C=O) groups excluding carboxylic acids is 1. The maximum Gasteiger partial charge on any atom is 0.223 e. The maximum absolute atomic E-state index is 13.8. The summed E-state index contributed by atoms with van der Waals surface area (Å²) in [4.78, 5) is 22.5. The molecule has 0 radical (unpaired) electrons. The molecule has 0 spiro atoms. The summed E-state index contributed by atoms with van der Waals surface area (Å²) in [5.41, 5.74) is 0.332. The van der Waals surface area contributed by atoms with Crippen LogP contribution in [-0.2, 0) is 17.8 Å². The van der Waals surface area contributed by atoms with Gasteiger partial charge in [-0.2, -0.15) is 0 Å². The second-order valence-electron chi connectivity index (χ2n) is 6.34.